The van der Waals surface area contributed by atoms with Gasteiger partial charge in [-0.3, -0.25) is 0 Å². The van der Waals surface area contributed by atoms with Gasteiger partial charge in [0.05, 0.1) is 12.5 Å². The van der Waals surface area contributed by atoms with Crippen LogP contribution in [0.4, 0.5) is 4.79 Å². The minimum atomic E-state index is -0.441. The molecule has 18 heavy (non-hydrogen) atoms. The molecule has 1 rings (SSSR count). The van der Waals surface area contributed by atoms with Crippen molar-refractivity contribution in [2.24, 2.45) is 0 Å². The van der Waals surface area contributed by atoms with Gasteiger partial charge in [-0.05, 0) is 39.8 Å². The summed E-state index contributed by atoms with van der Waals surface area (Å²) in [6, 6.07) is 1.92. The van der Waals surface area contributed by atoms with Crippen LogP contribution < -0.4 is 10.6 Å². The lowest BCUT2D eigenvalue weighted by Crippen LogP contribution is -2.33. The van der Waals surface area contributed by atoms with E-state index in [0.717, 1.165) is 25.1 Å². The number of ether oxygens (including phenoxy) is 1. The van der Waals surface area contributed by atoms with Crippen molar-refractivity contribution in [1.82, 2.24) is 10.6 Å². The zero-order chi connectivity index (χ0) is 13.4. The third-order valence-electron chi connectivity index (χ3n) is 2.11. The first-order chi connectivity index (χ1) is 8.47. The van der Waals surface area contributed by atoms with Gasteiger partial charge in [-0.25, -0.2) is 4.79 Å². The molecule has 0 aliphatic carbocycles. The molecule has 5 nitrogen and oxygen atoms in total. The van der Waals surface area contributed by atoms with Crippen molar-refractivity contribution in [1.29, 1.82) is 0 Å². The summed E-state index contributed by atoms with van der Waals surface area (Å²) in [6.45, 7) is 7.76. The summed E-state index contributed by atoms with van der Waals surface area (Å²) >= 11 is 0. The summed E-state index contributed by atoms with van der Waals surface area (Å²) in [5.74, 6) is 0. The molecule has 0 spiro atoms. The molecular weight excluding hydrogens is 232 g/mol. The van der Waals surface area contributed by atoms with E-state index < -0.39 is 5.60 Å². The monoisotopic (exact) mass is 254 g/mol. The SMILES string of the molecule is CC(C)(C)OC(=O)NCCCNCc1ccoc1. The molecule has 0 fully saturated rings. The molecule has 1 aromatic heterocycles. The third-order valence-corrected chi connectivity index (χ3v) is 2.11. The number of carbonyl (C=O) groups excluding carboxylic acids is 1. The molecule has 0 aromatic carbocycles. The van der Waals surface area contributed by atoms with Gasteiger partial charge in [0, 0.05) is 18.7 Å². The second-order valence-electron chi connectivity index (χ2n) is 5.09. The van der Waals surface area contributed by atoms with Crippen LogP contribution >= 0.6 is 0 Å². The summed E-state index contributed by atoms with van der Waals surface area (Å²) in [6.07, 6.45) is 3.86. The molecule has 0 unspecified atom stereocenters. The van der Waals surface area contributed by atoms with Gasteiger partial charge in [-0.1, -0.05) is 0 Å². The van der Waals surface area contributed by atoms with Crippen LogP contribution in [0.5, 0.6) is 0 Å². The fraction of sp³-hybridized carbons (Fsp3) is 0.615. The van der Waals surface area contributed by atoms with E-state index in [4.69, 9.17) is 9.15 Å². The number of rotatable bonds is 6. The molecule has 1 amide bonds. The lowest BCUT2D eigenvalue weighted by atomic mass is 10.2. The molecule has 0 bridgehead atoms. The summed E-state index contributed by atoms with van der Waals surface area (Å²) in [4.78, 5) is 11.3. The van der Waals surface area contributed by atoms with Crippen LogP contribution in [0.3, 0.4) is 0 Å². The number of nitrogens with one attached hydrogen (secondary N) is 2. The molecule has 1 aromatic rings. The van der Waals surface area contributed by atoms with Crippen molar-refractivity contribution < 1.29 is 13.9 Å². The smallest absolute Gasteiger partial charge is 0.407 e. The topological polar surface area (TPSA) is 63.5 Å². The number of hydrogen-bond acceptors (Lipinski definition) is 4. The highest BCUT2D eigenvalue weighted by molar-refractivity contribution is 5.67. The maximum Gasteiger partial charge on any atom is 0.407 e. The van der Waals surface area contributed by atoms with Gasteiger partial charge >= 0.3 is 6.09 Å². The van der Waals surface area contributed by atoms with Crippen LogP contribution in [0.1, 0.15) is 32.8 Å². The molecule has 5 heteroatoms. The van der Waals surface area contributed by atoms with Crippen LogP contribution in [0.15, 0.2) is 23.0 Å². The molecule has 0 saturated carbocycles. The number of carbonyl (C=O) groups is 1. The van der Waals surface area contributed by atoms with Crippen molar-refractivity contribution in [3.05, 3.63) is 24.2 Å². The molecule has 0 saturated heterocycles. The Morgan fingerprint density at radius 3 is 2.78 bits per heavy atom. The second kappa shape index (κ2) is 7.06. The molecule has 1 heterocycles. The Kier molecular flexibility index (Phi) is 5.71. The minimum absolute atomic E-state index is 0.364. The third kappa shape index (κ3) is 6.96. The van der Waals surface area contributed by atoms with E-state index in [0.29, 0.717) is 6.54 Å². The number of alkyl carbamates (subject to hydrolysis) is 1. The van der Waals surface area contributed by atoms with Gasteiger partial charge in [0.2, 0.25) is 0 Å². The standard InChI is InChI=1S/C13H22N2O3/c1-13(2,3)18-12(16)15-7-4-6-14-9-11-5-8-17-10-11/h5,8,10,14H,4,6-7,9H2,1-3H3,(H,15,16). The zero-order valence-corrected chi connectivity index (χ0v) is 11.3. The van der Waals surface area contributed by atoms with Crippen molar-refractivity contribution in [2.45, 2.75) is 39.3 Å². The normalized spacial score (nSPS) is 11.3. The van der Waals surface area contributed by atoms with E-state index in [1.54, 1.807) is 12.5 Å². The van der Waals surface area contributed by atoms with Crippen LogP contribution in [0, 0.1) is 0 Å². The molecule has 102 valence electrons. The van der Waals surface area contributed by atoms with Crippen molar-refractivity contribution in [2.75, 3.05) is 13.1 Å². The average molecular weight is 254 g/mol. The maximum absolute atomic E-state index is 11.3. The first-order valence-corrected chi connectivity index (χ1v) is 6.16. The van der Waals surface area contributed by atoms with Crippen LogP contribution in [-0.2, 0) is 11.3 Å². The Hall–Kier alpha value is -1.49. The summed E-state index contributed by atoms with van der Waals surface area (Å²) in [7, 11) is 0. The highest BCUT2D eigenvalue weighted by Crippen LogP contribution is 2.06. The first kappa shape index (κ1) is 14.6. The second-order valence-corrected chi connectivity index (χ2v) is 5.09. The van der Waals surface area contributed by atoms with E-state index in [2.05, 4.69) is 10.6 Å². The van der Waals surface area contributed by atoms with Gasteiger partial charge < -0.3 is 19.8 Å². The van der Waals surface area contributed by atoms with E-state index in [1.165, 1.54) is 0 Å². The molecule has 2 N–H and O–H groups in total. The average Bonchev–Trinajstić information content (AvgIpc) is 2.73. The lowest BCUT2D eigenvalue weighted by molar-refractivity contribution is 0.0527. The number of hydrogen-bond donors (Lipinski definition) is 2. The highest BCUT2D eigenvalue weighted by Gasteiger charge is 2.15. The maximum atomic E-state index is 11.3. The van der Waals surface area contributed by atoms with Gasteiger partial charge in [0.25, 0.3) is 0 Å². The van der Waals surface area contributed by atoms with Crippen molar-refractivity contribution >= 4 is 6.09 Å². The Morgan fingerprint density at radius 1 is 1.39 bits per heavy atom. The van der Waals surface area contributed by atoms with Crippen molar-refractivity contribution in [3.8, 4) is 0 Å². The quantitative estimate of drug-likeness (QED) is 0.764. The number of furan rings is 1. The fourth-order valence-corrected chi connectivity index (χ4v) is 1.34. The molecule has 0 aliphatic heterocycles. The number of amides is 1. The summed E-state index contributed by atoms with van der Waals surface area (Å²) < 4.78 is 10.1. The molecule has 0 atom stereocenters. The van der Waals surface area contributed by atoms with E-state index in [9.17, 15) is 4.79 Å². The largest absolute Gasteiger partial charge is 0.472 e. The first-order valence-electron chi connectivity index (χ1n) is 6.16. The van der Waals surface area contributed by atoms with Crippen LogP contribution in [-0.4, -0.2) is 24.8 Å². The summed E-state index contributed by atoms with van der Waals surface area (Å²) in [5, 5.41) is 5.97. The van der Waals surface area contributed by atoms with Crippen LogP contribution in [0.25, 0.3) is 0 Å². The van der Waals surface area contributed by atoms with Gasteiger partial charge in [-0.15, -0.1) is 0 Å². The van der Waals surface area contributed by atoms with E-state index >= 15 is 0 Å². The van der Waals surface area contributed by atoms with E-state index in [-0.39, 0.29) is 6.09 Å². The lowest BCUT2D eigenvalue weighted by Gasteiger charge is -2.19. The van der Waals surface area contributed by atoms with E-state index in [1.807, 2.05) is 26.8 Å². The van der Waals surface area contributed by atoms with Gasteiger partial charge in [0.1, 0.15) is 5.60 Å². The minimum Gasteiger partial charge on any atom is -0.472 e. The zero-order valence-electron chi connectivity index (χ0n) is 11.3. The van der Waals surface area contributed by atoms with Gasteiger partial charge in [0.15, 0.2) is 0 Å². The fourth-order valence-electron chi connectivity index (χ4n) is 1.34. The Balaban J connectivity index is 1.97. The van der Waals surface area contributed by atoms with Gasteiger partial charge in [-0.2, -0.15) is 0 Å². The van der Waals surface area contributed by atoms with Crippen LogP contribution in [0.2, 0.25) is 0 Å². The Labute approximate surface area is 108 Å². The Bertz CT molecular complexity index is 342. The highest BCUT2D eigenvalue weighted by atomic mass is 16.6. The summed E-state index contributed by atoms with van der Waals surface area (Å²) in [5.41, 5.74) is 0.680. The molecular formula is C13H22N2O3. The molecule has 0 aliphatic rings. The Morgan fingerprint density at radius 2 is 2.17 bits per heavy atom. The predicted octanol–water partition coefficient (Wildman–Crippen LogP) is 2.28. The van der Waals surface area contributed by atoms with Crippen molar-refractivity contribution in [3.63, 3.8) is 0 Å². The predicted molar refractivity (Wildman–Crippen MR) is 69.3 cm³/mol. The molecule has 0 radical (unpaired) electrons.